The maximum Gasteiger partial charge on any atom is 0.324 e. The van der Waals surface area contributed by atoms with Gasteiger partial charge in [0.2, 0.25) is 5.91 Å². The van der Waals surface area contributed by atoms with Crippen molar-refractivity contribution < 1.29 is 9.59 Å². The Morgan fingerprint density at radius 3 is 2.61 bits per heavy atom. The van der Waals surface area contributed by atoms with Crippen LogP contribution in [0.4, 0.5) is 16.2 Å². The maximum absolute atomic E-state index is 13.2. The Morgan fingerprint density at radius 1 is 1.14 bits per heavy atom. The van der Waals surface area contributed by atoms with Gasteiger partial charge in [0.15, 0.2) is 0 Å². The van der Waals surface area contributed by atoms with Crippen LogP contribution in [-0.2, 0) is 11.3 Å². The monoisotopic (exact) mass is 397 g/mol. The Labute approximate surface area is 170 Å². The lowest BCUT2D eigenvalue weighted by Gasteiger charge is -2.36. The second-order valence-electron chi connectivity index (χ2n) is 7.62. The highest BCUT2D eigenvalue weighted by atomic mass is 35.5. The van der Waals surface area contributed by atoms with Crippen molar-refractivity contribution in [3.05, 3.63) is 58.6 Å². The van der Waals surface area contributed by atoms with Crippen LogP contribution >= 0.6 is 11.6 Å². The molecular weight excluding hydrogens is 374 g/mol. The molecule has 6 heteroatoms. The Kier molecular flexibility index (Phi) is 5.27. The minimum Gasteiger partial charge on any atom is -0.324 e. The maximum atomic E-state index is 13.2. The number of carbonyl (C=O) groups is 2. The van der Waals surface area contributed by atoms with Gasteiger partial charge in [-0.25, -0.2) is 4.79 Å². The van der Waals surface area contributed by atoms with Crippen molar-refractivity contribution in [1.29, 1.82) is 0 Å². The van der Waals surface area contributed by atoms with E-state index in [0.717, 1.165) is 41.8 Å². The summed E-state index contributed by atoms with van der Waals surface area (Å²) >= 11 is 5.96. The number of aryl methyl sites for hydroxylation is 1. The molecule has 2 fully saturated rings. The molecule has 1 aliphatic heterocycles. The van der Waals surface area contributed by atoms with Gasteiger partial charge < -0.3 is 10.2 Å². The average Bonchev–Trinajstić information content (AvgIpc) is 3.51. The lowest BCUT2D eigenvalue weighted by atomic mass is 10.1. The van der Waals surface area contributed by atoms with Crippen molar-refractivity contribution >= 4 is 34.9 Å². The number of anilines is 2. The van der Waals surface area contributed by atoms with Crippen LogP contribution in [0.5, 0.6) is 0 Å². The molecule has 1 aliphatic carbocycles. The molecule has 0 radical (unpaired) electrons. The third kappa shape index (κ3) is 4.14. The minimum atomic E-state index is -0.0352. The van der Waals surface area contributed by atoms with E-state index in [9.17, 15) is 9.59 Å². The van der Waals surface area contributed by atoms with Crippen molar-refractivity contribution in [3.63, 3.8) is 0 Å². The van der Waals surface area contributed by atoms with Crippen molar-refractivity contribution in [2.75, 3.05) is 23.3 Å². The number of hydrogen-bond donors (Lipinski definition) is 1. The van der Waals surface area contributed by atoms with E-state index in [1.807, 2.05) is 54.3 Å². The smallest absolute Gasteiger partial charge is 0.324 e. The van der Waals surface area contributed by atoms with E-state index in [2.05, 4.69) is 5.32 Å². The fourth-order valence-electron chi connectivity index (χ4n) is 3.53. The summed E-state index contributed by atoms with van der Waals surface area (Å²) in [4.78, 5) is 29.1. The second kappa shape index (κ2) is 7.84. The molecule has 0 atom stereocenters. The molecule has 3 amide bonds. The van der Waals surface area contributed by atoms with Crippen LogP contribution in [0, 0.1) is 12.8 Å². The summed E-state index contributed by atoms with van der Waals surface area (Å²) < 4.78 is 0. The molecule has 5 nitrogen and oxygen atoms in total. The number of nitrogens with zero attached hydrogens (tertiary/aromatic N) is 2. The average molecular weight is 398 g/mol. The number of halogens is 1. The molecular formula is C22H24ClN3O2. The van der Waals surface area contributed by atoms with Crippen molar-refractivity contribution in [1.82, 2.24) is 4.90 Å². The highest BCUT2D eigenvalue weighted by Gasteiger charge is 2.32. The SMILES string of the molecule is Cc1ccc(N2CCCN(Cc3ccc(Cl)cc3)C2=O)c(NC(=O)C2CC2)c1. The van der Waals surface area contributed by atoms with Gasteiger partial charge in [-0.15, -0.1) is 0 Å². The number of rotatable bonds is 5. The molecule has 1 saturated carbocycles. The molecule has 2 aromatic carbocycles. The highest BCUT2D eigenvalue weighted by molar-refractivity contribution is 6.30. The van der Waals surface area contributed by atoms with E-state index in [0.29, 0.717) is 24.7 Å². The van der Waals surface area contributed by atoms with Gasteiger partial charge in [-0.3, -0.25) is 9.69 Å². The van der Waals surface area contributed by atoms with Gasteiger partial charge in [-0.1, -0.05) is 29.8 Å². The molecule has 2 aromatic rings. The third-order valence-electron chi connectivity index (χ3n) is 5.25. The van der Waals surface area contributed by atoms with E-state index < -0.39 is 0 Å². The van der Waals surface area contributed by atoms with Gasteiger partial charge in [0.1, 0.15) is 0 Å². The van der Waals surface area contributed by atoms with Gasteiger partial charge in [-0.2, -0.15) is 0 Å². The van der Waals surface area contributed by atoms with E-state index in [4.69, 9.17) is 11.6 Å². The van der Waals surface area contributed by atoms with Crippen molar-refractivity contribution in [2.45, 2.75) is 32.7 Å². The normalized spacial score (nSPS) is 17.0. The minimum absolute atomic E-state index is 0.0352. The molecule has 0 bridgehead atoms. The van der Waals surface area contributed by atoms with Gasteiger partial charge in [0.05, 0.1) is 11.4 Å². The Bertz CT molecular complexity index is 893. The Balaban J connectivity index is 1.55. The molecule has 1 N–H and O–H groups in total. The number of benzene rings is 2. The number of amides is 3. The van der Waals surface area contributed by atoms with E-state index in [1.54, 1.807) is 4.90 Å². The number of carbonyl (C=O) groups excluding carboxylic acids is 2. The van der Waals surface area contributed by atoms with E-state index in [-0.39, 0.29) is 17.9 Å². The fraction of sp³-hybridized carbons (Fsp3) is 0.364. The van der Waals surface area contributed by atoms with Crippen molar-refractivity contribution in [2.24, 2.45) is 5.92 Å². The van der Waals surface area contributed by atoms with Gasteiger partial charge in [-0.05, 0) is 61.6 Å². The zero-order chi connectivity index (χ0) is 19.7. The summed E-state index contributed by atoms with van der Waals surface area (Å²) in [5.41, 5.74) is 3.59. The topological polar surface area (TPSA) is 52.6 Å². The summed E-state index contributed by atoms with van der Waals surface area (Å²) in [6.07, 6.45) is 2.78. The summed E-state index contributed by atoms with van der Waals surface area (Å²) in [5.74, 6) is 0.168. The first-order chi connectivity index (χ1) is 13.5. The summed E-state index contributed by atoms with van der Waals surface area (Å²) in [6, 6.07) is 13.4. The zero-order valence-electron chi connectivity index (χ0n) is 16.0. The first kappa shape index (κ1) is 18.8. The van der Waals surface area contributed by atoms with Gasteiger partial charge in [0, 0.05) is 30.6 Å². The highest BCUT2D eigenvalue weighted by Crippen LogP contribution is 2.34. The number of hydrogen-bond acceptors (Lipinski definition) is 2. The fourth-order valence-corrected chi connectivity index (χ4v) is 3.65. The Morgan fingerprint density at radius 2 is 1.89 bits per heavy atom. The van der Waals surface area contributed by atoms with Crippen LogP contribution < -0.4 is 10.2 Å². The molecule has 2 aliphatic rings. The van der Waals surface area contributed by atoms with Crippen LogP contribution in [0.25, 0.3) is 0 Å². The summed E-state index contributed by atoms with van der Waals surface area (Å²) in [6.45, 7) is 3.89. The standard InChI is InChI=1S/C22H24ClN3O2/c1-15-3-10-20(19(13-15)24-21(27)17-6-7-17)26-12-2-11-25(22(26)28)14-16-4-8-18(23)9-5-16/h3-5,8-10,13,17H,2,6-7,11-12,14H2,1H3,(H,24,27). The van der Waals surface area contributed by atoms with Gasteiger partial charge >= 0.3 is 6.03 Å². The molecule has 1 heterocycles. The lowest BCUT2D eigenvalue weighted by molar-refractivity contribution is -0.117. The number of urea groups is 1. The predicted molar refractivity (Wildman–Crippen MR) is 112 cm³/mol. The number of nitrogens with one attached hydrogen (secondary N) is 1. The quantitative estimate of drug-likeness (QED) is 0.785. The van der Waals surface area contributed by atoms with E-state index in [1.165, 1.54) is 0 Å². The molecule has 1 saturated heterocycles. The molecule has 4 rings (SSSR count). The summed E-state index contributed by atoms with van der Waals surface area (Å²) in [7, 11) is 0. The van der Waals surface area contributed by atoms with Crippen molar-refractivity contribution in [3.8, 4) is 0 Å². The first-order valence-corrected chi connectivity index (χ1v) is 10.1. The molecule has 0 unspecified atom stereocenters. The Hall–Kier alpha value is -2.53. The van der Waals surface area contributed by atoms with Gasteiger partial charge in [0.25, 0.3) is 0 Å². The van der Waals surface area contributed by atoms with Crippen LogP contribution in [0.3, 0.4) is 0 Å². The van der Waals surface area contributed by atoms with Crippen LogP contribution in [0.15, 0.2) is 42.5 Å². The second-order valence-corrected chi connectivity index (χ2v) is 8.06. The molecule has 0 spiro atoms. The summed E-state index contributed by atoms with van der Waals surface area (Å²) in [5, 5.41) is 3.72. The molecule has 28 heavy (non-hydrogen) atoms. The largest absolute Gasteiger partial charge is 0.324 e. The molecule has 0 aromatic heterocycles. The van der Waals surface area contributed by atoms with Crippen LogP contribution in [-0.4, -0.2) is 29.9 Å². The zero-order valence-corrected chi connectivity index (χ0v) is 16.7. The molecule has 146 valence electrons. The lowest BCUT2D eigenvalue weighted by Crippen LogP contribution is -2.49. The third-order valence-corrected chi connectivity index (χ3v) is 5.50. The predicted octanol–water partition coefficient (Wildman–Crippen LogP) is 4.83. The van der Waals surface area contributed by atoms with Crippen LogP contribution in [0.1, 0.15) is 30.4 Å². The first-order valence-electron chi connectivity index (χ1n) is 9.73. The van der Waals surface area contributed by atoms with E-state index >= 15 is 0 Å². The van der Waals surface area contributed by atoms with Crippen LogP contribution in [0.2, 0.25) is 5.02 Å².